The monoisotopic (exact) mass is 271 g/mol. The molecule has 0 aliphatic carbocycles. The SMILES string of the molecule is CNc1ccc(S(=O)(=O)NC(C)CN(C)C)cc1. The summed E-state index contributed by atoms with van der Waals surface area (Å²) in [5.74, 6) is 0. The summed E-state index contributed by atoms with van der Waals surface area (Å²) in [5.41, 5.74) is 0.885. The van der Waals surface area contributed by atoms with Crippen LogP contribution in [0.5, 0.6) is 0 Å². The van der Waals surface area contributed by atoms with Crippen LogP contribution >= 0.6 is 0 Å². The summed E-state index contributed by atoms with van der Waals surface area (Å²) in [4.78, 5) is 2.23. The maximum atomic E-state index is 12.1. The van der Waals surface area contributed by atoms with E-state index in [0.717, 1.165) is 5.69 Å². The third kappa shape index (κ3) is 4.29. The highest BCUT2D eigenvalue weighted by Gasteiger charge is 2.17. The second-order valence-electron chi connectivity index (χ2n) is 4.56. The second kappa shape index (κ2) is 6.17. The first kappa shape index (κ1) is 14.9. The molecule has 1 aromatic carbocycles. The number of anilines is 1. The van der Waals surface area contributed by atoms with E-state index in [1.54, 1.807) is 31.3 Å². The Kier molecular flexibility index (Phi) is 5.13. The molecule has 0 fully saturated rings. The summed E-state index contributed by atoms with van der Waals surface area (Å²) in [5, 5.41) is 2.95. The Hall–Kier alpha value is -1.11. The Morgan fingerprint density at radius 1 is 1.22 bits per heavy atom. The van der Waals surface area contributed by atoms with E-state index in [-0.39, 0.29) is 10.9 Å². The van der Waals surface area contributed by atoms with Crippen LogP contribution in [0.4, 0.5) is 5.69 Å². The maximum Gasteiger partial charge on any atom is 0.240 e. The van der Waals surface area contributed by atoms with E-state index < -0.39 is 10.0 Å². The largest absolute Gasteiger partial charge is 0.388 e. The molecule has 0 saturated heterocycles. The Labute approximate surface area is 109 Å². The van der Waals surface area contributed by atoms with Crippen molar-refractivity contribution in [2.75, 3.05) is 33.0 Å². The van der Waals surface area contributed by atoms with Crippen LogP contribution in [-0.2, 0) is 10.0 Å². The minimum atomic E-state index is -3.43. The van der Waals surface area contributed by atoms with Gasteiger partial charge < -0.3 is 10.2 Å². The number of hydrogen-bond donors (Lipinski definition) is 2. The Morgan fingerprint density at radius 2 is 1.78 bits per heavy atom. The third-order valence-electron chi connectivity index (χ3n) is 2.45. The zero-order valence-corrected chi connectivity index (χ0v) is 12.1. The van der Waals surface area contributed by atoms with Crippen molar-refractivity contribution in [2.45, 2.75) is 17.9 Å². The molecule has 0 amide bonds. The zero-order chi connectivity index (χ0) is 13.8. The van der Waals surface area contributed by atoms with Crippen LogP contribution in [0.1, 0.15) is 6.92 Å². The first-order valence-corrected chi connectivity index (χ1v) is 7.28. The molecule has 0 saturated carbocycles. The maximum absolute atomic E-state index is 12.1. The normalized spacial score (nSPS) is 13.6. The van der Waals surface area contributed by atoms with Gasteiger partial charge >= 0.3 is 0 Å². The topological polar surface area (TPSA) is 61.4 Å². The van der Waals surface area contributed by atoms with E-state index in [1.165, 1.54) is 0 Å². The smallest absolute Gasteiger partial charge is 0.240 e. The van der Waals surface area contributed by atoms with Gasteiger partial charge in [0, 0.05) is 25.3 Å². The summed E-state index contributed by atoms with van der Waals surface area (Å²) in [6, 6.07) is 6.54. The number of nitrogens with one attached hydrogen (secondary N) is 2. The van der Waals surface area contributed by atoms with Crippen LogP contribution in [0.25, 0.3) is 0 Å². The van der Waals surface area contributed by atoms with E-state index >= 15 is 0 Å². The molecule has 1 aromatic rings. The molecule has 6 heteroatoms. The zero-order valence-electron chi connectivity index (χ0n) is 11.3. The molecule has 102 valence electrons. The lowest BCUT2D eigenvalue weighted by atomic mass is 10.3. The van der Waals surface area contributed by atoms with E-state index in [4.69, 9.17) is 0 Å². The molecule has 0 radical (unpaired) electrons. The fourth-order valence-corrected chi connectivity index (χ4v) is 2.95. The molecule has 0 heterocycles. The van der Waals surface area contributed by atoms with Gasteiger partial charge in [-0.3, -0.25) is 0 Å². The van der Waals surface area contributed by atoms with Gasteiger partial charge in [-0.1, -0.05) is 0 Å². The quantitative estimate of drug-likeness (QED) is 0.809. The first-order chi connectivity index (χ1) is 8.35. The molecular weight excluding hydrogens is 250 g/mol. The van der Waals surface area contributed by atoms with Gasteiger partial charge in [-0.25, -0.2) is 13.1 Å². The summed E-state index contributed by atoms with van der Waals surface area (Å²) in [6.07, 6.45) is 0. The Morgan fingerprint density at radius 3 is 2.22 bits per heavy atom. The lowest BCUT2D eigenvalue weighted by molar-refractivity contribution is 0.370. The number of sulfonamides is 1. The summed E-state index contributed by atoms with van der Waals surface area (Å²) >= 11 is 0. The minimum absolute atomic E-state index is 0.131. The lowest BCUT2D eigenvalue weighted by Crippen LogP contribution is -2.39. The number of nitrogens with zero attached hydrogens (tertiary/aromatic N) is 1. The van der Waals surface area contributed by atoms with Gasteiger partial charge in [-0.05, 0) is 45.3 Å². The van der Waals surface area contributed by atoms with Gasteiger partial charge in [-0.15, -0.1) is 0 Å². The number of rotatable bonds is 6. The minimum Gasteiger partial charge on any atom is -0.388 e. The van der Waals surface area contributed by atoms with Gasteiger partial charge in [0.2, 0.25) is 10.0 Å². The average molecular weight is 271 g/mol. The van der Waals surface area contributed by atoms with Crippen LogP contribution < -0.4 is 10.0 Å². The van der Waals surface area contributed by atoms with Crippen molar-refractivity contribution in [3.63, 3.8) is 0 Å². The van der Waals surface area contributed by atoms with Crippen molar-refractivity contribution in [3.05, 3.63) is 24.3 Å². The highest BCUT2D eigenvalue weighted by Crippen LogP contribution is 2.13. The van der Waals surface area contributed by atoms with E-state index in [0.29, 0.717) is 6.54 Å². The average Bonchev–Trinajstić information content (AvgIpc) is 2.27. The van der Waals surface area contributed by atoms with E-state index in [9.17, 15) is 8.42 Å². The van der Waals surface area contributed by atoms with Crippen LogP contribution in [0.3, 0.4) is 0 Å². The predicted octanol–water partition coefficient (Wildman–Crippen LogP) is 0.957. The molecule has 1 atom stereocenters. The Bertz CT molecular complexity index is 469. The molecule has 0 aromatic heterocycles. The predicted molar refractivity (Wildman–Crippen MR) is 74.3 cm³/mol. The highest BCUT2D eigenvalue weighted by atomic mass is 32.2. The molecule has 0 bridgehead atoms. The van der Waals surface area contributed by atoms with Crippen LogP contribution in [0.15, 0.2) is 29.2 Å². The van der Waals surface area contributed by atoms with Crippen molar-refractivity contribution in [2.24, 2.45) is 0 Å². The van der Waals surface area contributed by atoms with Crippen molar-refractivity contribution >= 4 is 15.7 Å². The molecule has 0 spiro atoms. The summed E-state index contributed by atoms with van der Waals surface area (Å²) in [7, 11) is 2.18. The van der Waals surface area contributed by atoms with Crippen molar-refractivity contribution in [3.8, 4) is 0 Å². The van der Waals surface area contributed by atoms with E-state index in [1.807, 2.05) is 25.9 Å². The van der Waals surface area contributed by atoms with Crippen molar-refractivity contribution in [1.82, 2.24) is 9.62 Å². The van der Waals surface area contributed by atoms with E-state index in [2.05, 4.69) is 10.0 Å². The van der Waals surface area contributed by atoms with Crippen molar-refractivity contribution < 1.29 is 8.42 Å². The first-order valence-electron chi connectivity index (χ1n) is 5.80. The molecule has 1 rings (SSSR count). The molecule has 18 heavy (non-hydrogen) atoms. The molecule has 0 aliphatic rings. The fraction of sp³-hybridized carbons (Fsp3) is 0.500. The van der Waals surface area contributed by atoms with Gasteiger partial charge in [0.25, 0.3) is 0 Å². The third-order valence-corrected chi connectivity index (χ3v) is 4.05. The molecule has 2 N–H and O–H groups in total. The van der Waals surface area contributed by atoms with Crippen LogP contribution in [0, 0.1) is 0 Å². The standard InChI is InChI=1S/C12H21N3O2S/c1-10(9-15(3)4)14-18(16,17)12-7-5-11(13-2)6-8-12/h5-8,10,13-14H,9H2,1-4H3. The molecule has 0 aliphatic heterocycles. The number of likely N-dealkylation sites (N-methyl/N-ethyl adjacent to an activating group) is 1. The highest BCUT2D eigenvalue weighted by molar-refractivity contribution is 7.89. The summed E-state index contributed by atoms with van der Waals surface area (Å²) < 4.78 is 26.8. The number of benzene rings is 1. The van der Waals surface area contributed by atoms with Gasteiger partial charge in [0.15, 0.2) is 0 Å². The second-order valence-corrected chi connectivity index (χ2v) is 6.27. The number of hydrogen-bond acceptors (Lipinski definition) is 4. The molecule has 1 unspecified atom stereocenters. The fourth-order valence-electron chi connectivity index (χ4n) is 1.72. The van der Waals surface area contributed by atoms with Crippen molar-refractivity contribution in [1.29, 1.82) is 0 Å². The molecular formula is C12H21N3O2S. The summed E-state index contributed by atoms with van der Waals surface area (Å²) in [6.45, 7) is 2.51. The Balaban J connectivity index is 2.79. The van der Waals surface area contributed by atoms with Gasteiger partial charge in [-0.2, -0.15) is 0 Å². The van der Waals surface area contributed by atoms with Crippen LogP contribution in [-0.4, -0.2) is 47.0 Å². The van der Waals surface area contributed by atoms with Gasteiger partial charge in [0.05, 0.1) is 4.90 Å². The van der Waals surface area contributed by atoms with Gasteiger partial charge in [0.1, 0.15) is 0 Å². The lowest BCUT2D eigenvalue weighted by Gasteiger charge is -2.18. The van der Waals surface area contributed by atoms with Crippen LogP contribution in [0.2, 0.25) is 0 Å². The molecule has 5 nitrogen and oxygen atoms in total.